The Morgan fingerprint density at radius 3 is 1.88 bits per heavy atom. The maximum absolute atomic E-state index is 13.8. The number of aromatic nitrogens is 1. The number of hydrazone groups is 1. The fourth-order valence-corrected chi connectivity index (χ4v) is 4.05. The van der Waals surface area contributed by atoms with E-state index in [2.05, 4.69) is 10.1 Å². The van der Waals surface area contributed by atoms with Crippen LogP contribution in [0, 0.1) is 11.6 Å². The van der Waals surface area contributed by atoms with Crippen molar-refractivity contribution in [2.24, 2.45) is 5.10 Å². The van der Waals surface area contributed by atoms with Crippen molar-refractivity contribution in [3.05, 3.63) is 80.9 Å². The van der Waals surface area contributed by atoms with E-state index in [0.717, 1.165) is 13.1 Å². The monoisotopic (exact) mass is 647 g/mol. The number of nitrogens with zero attached hydrogens (tertiary/aromatic N) is 3. The van der Waals surface area contributed by atoms with Gasteiger partial charge in [0.25, 0.3) is 11.8 Å². The van der Waals surface area contributed by atoms with Crippen molar-refractivity contribution in [1.29, 1.82) is 0 Å². The summed E-state index contributed by atoms with van der Waals surface area (Å²) in [6.45, 7) is 0. The molecule has 0 saturated carbocycles. The molecule has 0 fully saturated rings. The Morgan fingerprint density at radius 2 is 1.40 bits per heavy atom. The van der Waals surface area contributed by atoms with Crippen molar-refractivity contribution in [3.8, 4) is 0 Å². The molecule has 1 heterocycles. The molecule has 3 aromatic rings. The molecule has 2 N–H and O–H groups in total. The Labute approximate surface area is 235 Å². The molecule has 230 valence electrons. The molecule has 8 nitrogen and oxygen atoms in total. The number of hydrogen-bond acceptors (Lipinski definition) is 6. The number of nitrogens with one attached hydrogen (secondary N) is 2. The first-order valence-corrected chi connectivity index (χ1v) is 11.8. The highest BCUT2D eigenvalue weighted by Gasteiger charge is 2.41. The van der Waals surface area contributed by atoms with Gasteiger partial charge in [0.1, 0.15) is 22.1 Å². The first-order valence-electron chi connectivity index (χ1n) is 10.9. The minimum Gasteiger partial charge on any atom is -0.273 e. The van der Waals surface area contributed by atoms with Gasteiger partial charge in [0.15, 0.2) is 10.8 Å². The van der Waals surface area contributed by atoms with Gasteiger partial charge in [-0.05, 0) is 35.9 Å². The van der Waals surface area contributed by atoms with E-state index in [-0.39, 0.29) is 34.4 Å². The molecular formula is C23H12F11N5O3S. The Balaban J connectivity index is 1.85. The molecule has 2 aromatic carbocycles. The smallest absolute Gasteiger partial charge is 0.273 e. The Morgan fingerprint density at radius 1 is 0.860 bits per heavy atom. The van der Waals surface area contributed by atoms with Gasteiger partial charge in [-0.2, -0.15) is 44.6 Å². The van der Waals surface area contributed by atoms with Crippen LogP contribution in [0.25, 0.3) is 0 Å². The largest absolute Gasteiger partial charge is 0.435 e. The van der Waals surface area contributed by atoms with E-state index >= 15 is 0 Å². The molecular weight excluding hydrogens is 635 g/mol. The van der Waals surface area contributed by atoms with Crippen molar-refractivity contribution in [2.45, 2.75) is 18.5 Å². The molecule has 0 saturated heterocycles. The van der Waals surface area contributed by atoms with Crippen LogP contribution in [-0.2, 0) is 18.5 Å². The summed E-state index contributed by atoms with van der Waals surface area (Å²) in [7, 11) is 0.783. The molecule has 0 aliphatic heterocycles. The van der Waals surface area contributed by atoms with Crippen molar-refractivity contribution in [2.75, 3.05) is 11.9 Å². The van der Waals surface area contributed by atoms with Gasteiger partial charge in [0.2, 0.25) is 0 Å². The summed E-state index contributed by atoms with van der Waals surface area (Å²) in [5.41, 5.74) is -5.83. The zero-order chi connectivity index (χ0) is 32.5. The molecule has 1 aromatic heterocycles. The maximum atomic E-state index is 13.8. The number of carbonyl (C=O) groups excluding carboxylic acids is 3. The summed E-state index contributed by atoms with van der Waals surface area (Å²) >= 11 is -0.0909. The zero-order valence-electron chi connectivity index (χ0n) is 20.7. The number of thiazole rings is 1. The average Bonchev–Trinajstić information content (AvgIpc) is 3.33. The van der Waals surface area contributed by atoms with E-state index in [0.29, 0.717) is 18.3 Å². The SMILES string of the molecule is CN(C(=O)NC(=O)c1c(F)cccc1F)c1nc(C(F)(F)F)c(C(=O)N/N=C/c2cc(C(F)(F)F)cc(C(F)(F)F)c2)s1. The van der Waals surface area contributed by atoms with Gasteiger partial charge < -0.3 is 0 Å². The van der Waals surface area contributed by atoms with Crippen molar-refractivity contribution < 1.29 is 62.7 Å². The van der Waals surface area contributed by atoms with Gasteiger partial charge in [0, 0.05) is 7.05 Å². The van der Waals surface area contributed by atoms with Crippen LogP contribution in [0.15, 0.2) is 41.5 Å². The summed E-state index contributed by atoms with van der Waals surface area (Å²) in [5.74, 6) is -6.01. The fourth-order valence-electron chi connectivity index (χ4n) is 3.11. The van der Waals surface area contributed by atoms with Crippen molar-refractivity contribution in [3.63, 3.8) is 0 Å². The van der Waals surface area contributed by atoms with Crippen LogP contribution >= 0.6 is 11.3 Å². The summed E-state index contributed by atoms with van der Waals surface area (Å²) in [4.78, 5) is 39.1. The molecule has 0 bridgehead atoms. The Bertz CT molecular complexity index is 1540. The Hall–Kier alpha value is -4.62. The zero-order valence-corrected chi connectivity index (χ0v) is 21.5. The van der Waals surface area contributed by atoms with Crippen LogP contribution < -0.4 is 15.6 Å². The second-order valence-electron chi connectivity index (χ2n) is 8.13. The summed E-state index contributed by atoms with van der Waals surface area (Å²) in [6, 6.07) is 1.07. The molecule has 0 radical (unpaired) electrons. The predicted molar refractivity (Wildman–Crippen MR) is 126 cm³/mol. The van der Waals surface area contributed by atoms with Gasteiger partial charge in [-0.25, -0.2) is 24.0 Å². The van der Waals surface area contributed by atoms with Crippen LogP contribution in [0.1, 0.15) is 42.4 Å². The highest BCUT2D eigenvalue weighted by atomic mass is 32.1. The second kappa shape index (κ2) is 11.9. The predicted octanol–water partition coefficient (Wildman–Crippen LogP) is 6.23. The van der Waals surface area contributed by atoms with Crippen molar-refractivity contribution in [1.82, 2.24) is 15.7 Å². The van der Waals surface area contributed by atoms with Crippen LogP contribution in [0.3, 0.4) is 0 Å². The highest BCUT2D eigenvalue weighted by molar-refractivity contribution is 7.17. The van der Waals surface area contributed by atoms with Crippen LogP contribution in [0.5, 0.6) is 0 Å². The third kappa shape index (κ3) is 7.81. The first-order chi connectivity index (χ1) is 19.7. The fraction of sp³-hybridized carbons (Fsp3) is 0.174. The number of imide groups is 1. The number of benzene rings is 2. The summed E-state index contributed by atoms with van der Waals surface area (Å²) < 4.78 is 146. The summed E-state index contributed by atoms with van der Waals surface area (Å²) in [6.07, 6.45) is -15.4. The van der Waals surface area contributed by atoms with Gasteiger partial charge in [-0.1, -0.05) is 17.4 Å². The number of carbonyl (C=O) groups is 3. The molecule has 0 aliphatic carbocycles. The quantitative estimate of drug-likeness (QED) is 0.195. The lowest BCUT2D eigenvalue weighted by molar-refractivity contribution is -0.143. The van der Waals surface area contributed by atoms with E-state index in [1.807, 2.05) is 0 Å². The number of hydrogen-bond donors (Lipinski definition) is 2. The highest BCUT2D eigenvalue weighted by Crippen LogP contribution is 2.38. The van der Waals surface area contributed by atoms with Crippen molar-refractivity contribution >= 4 is 40.5 Å². The third-order valence-corrected chi connectivity index (χ3v) is 6.21. The number of anilines is 1. The number of rotatable bonds is 5. The minimum absolute atomic E-state index is 0.0909. The van der Waals surface area contributed by atoms with E-state index in [9.17, 15) is 62.7 Å². The topological polar surface area (TPSA) is 104 Å². The van der Waals surface area contributed by atoms with E-state index < -0.39 is 86.0 Å². The molecule has 0 aliphatic rings. The van der Waals surface area contributed by atoms with Crippen LogP contribution in [-0.4, -0.2) is 36.1 Å². The lowest BCUT2D eigenvalue weighted by Crippen LogP contribution is -2.41. The molecule has 0 atom stereocenters. The second-order valence-corrected chi connectivity index (χ2v) is 9.10. The molecule has 0 unspecified atom stereocenters. The standard InChI is InChI=1S/C23H12F11N5O3S/c1-39(19(42)37-17(40)14-12(24)3-2-4-13(14)25)20-36-16(23(32,33)34)15(43-20)18(41)38-35-8-9-5-10(21(26,27)28)7-11(6-9)22(29,30)31/h2-8H,1H3,(H,38,41)(H,37,40,42)/b35-8+. The van der Waals surface area contributed by atoms with Gasteiger partial charge in [0.05, 0.1) is 17.3 Å². The minimum atomic E-state index is -5.34. The van der Waals surface area contributed by atoms with Gasteiger partial charge in [-0.15, -0.1) is 0 Å². The molecule has 0 spiro atoms. The lowest BCUT2D eigenvalue weighted by Gasteiger charge is -2.14. The lowest BCUT2D eigenvalue weighted by atomic mass is 10.1. The number of urea groups is 1. The summed E-state index contributed by atoms with van der Waals surface area (Å²) in [5, 5.41) is 3.77. The van der Waals surface area contributed by atoms with Crippen LogP contribution in [0.4, 0.5) is 58.2 Å². The number of halogens is 11. The van der Waals surface area contributed by atoms with E-state index in [4.69, 9.17) is 0 Å². The van der Waals surface area contributed by atoms with E-state index in [1.165, 1.54) is 10.7 Å². The maximum Gasteiger partial charge on any atom is 0.435 e. The van der Waals surface area contributed by atoms with Gasteiger partial charge in [-0.3, -0.25) is 19.8 Å². The third-order valence-electron chi connectivity index (χ3n) is 5.08. The van der Waals surface area contributed by atoms with Gasteiger partial charge >= 0.3 is 24.6 Å². The molecule has 20 heteroatoms. The normalized spacial score (nSPS) is 12.4. The first kappa shape index (κ1) is 32.9. The van der Waals surface area contributed by atoms with E-state index in [1.54, 1.807) is 0 Å². The van der Waals surface area contributed by atoms with Crippen LogP contribution in [0.2, 0.25) is 0 Å². The average molecular weight is 647 g/mol. The number of alkyl halides is 9. The molecule has 4 amide bonds. The number of amides is 4. The molecule has 43 heavy (non-hydrogen) atoms. The Kier molecular flexibility index (Phi) is 9.13. The molecule has 3 rings (SSSR count).